The van der Waals surface area contributed by atoms with Crippen molar-refractivity contribution >= 4 is 20.3 Å². The molecule has 1 heterocycles. The van der Waals surface area contributed by atoms with Crippen LogP contribution in [0.4, 0.5) is 0 Å². The largest absolute Gasteiger partial charge is 0.296 e. The van der Waals surface area contributed by atoms with Gasteiger partial charge in [-0.25, -0.2) is 0 Å². The van der Waals surface area contributed by atoms with Crippen molar-refractivity contribution in [3.8, 4) is 0 Å². The smallest absolute Gasteiger partial charge is 0.0913 e. The van der Waals surface area contributed by atoms with E-state index >= 15 is 0 Å². The van der Waals surface area contributed by atoms with Crippen LogP contribution in [0.25, 0.3) is 0 Å². The first-order valence-corrected chi connectivity index (χ1v) is 3.17. The van der Waals surface area contributed by atoms with Crippen molar-refractivity contribution < 1.29 is 4.84 Å². The SMILES string of the molecule is ClC1CONP1. The van der Waals surface area contributed by atoms with Gasteiger partial charge in [-0.2, -0.15) is 5.25 Å². The molecular formula is C2H5ClNOP. The topological polar surface area (TPSA) is 21.3 Å². The summed E-state index contributed by atoms with van der Waals surface area (Å²) in [4.78, 5) is 4.69. The molecular weight excluding hydrogens is 120 g/mol. The number of nitrogens with one attached hydrogen (secondary N) is 1. The normalized spacial score (nSPS) is 38.5. The molecule has 0 aromatic rings. The Balaban J connectivity index is 2.18. The molecule has 2 atom stereocenters. The zero-order valence-corrected chi connectivity index (χ0v) is 4.83. The Morgan fingerprint density at radius 2 is 2.83 bits per heavy atom. The highest BCUT2D eigenvalue weighted by Crippen LogP contribution is 2.23. The number of hydrogen-bond donors (Lipinski definition) is 1. The highest BCUT2D eigenvalue weighted by Gasteiger charge is 2.09. The van der Waals surface area contributed by atoms with Crippen molar-refractivity contribution in [1.29, 1.82) is 0 Å². The molecule has 36 valence electrons. The lowest BCUT2D eigenvalue weighted by Crippen LogP contribution is -1.92. The van der Waals surface area contributed by atoms with E-state index in [2.05, 4.69) is 10.1 Å². The van der Waals surface area contributed by atoms with Crippen LogP contribution in [0.1, 0.15) is 0 Å². The Morgan fingerprint density at radius 3 is 3.00 bits per heavy atom. The van der Waals surface area contributed by atoms with Gasteiger partial charge in [0.15, 0.2) is 0 Å². The minimum Gasteiger partial charge on any atom is -0.296 e. The molecule has 0 bridgehead atoms. The fraction of sp³-hybridized carbons (Fsp3) is 1.00. The van der Waals surface area contributed by atoms with Gasteiger partial charge in [0.1, 0.15) is 0 Å². The molecule has 0 aromatic carbocycles. The van der Waals surface area contributed by atoms with Crippen LogP contribution in [-0.4, -0.2) is 11.7 Å². The van der Waals surface area contributed by atoms with Crippen molar-refractivity contribution in [3.63, 3.8) is 0 Å². The molecule has 1 N–H and O–H groups in total. The van der Waals surface area contributed by atoms with E-state index in [0.717, 1.165) is 0 Å². The third kappa shape index (κ3) is 1.05. The number of hydrogen-bond acceptors (Lipinski definition) is 2. The third-order valence-electron chi connectivity index (χ3n) is 0.517. The Labute approximate surface area is 43.0 Å². The monoisotopic (exact) mass is 125 g/mol. The van der Waals surface area contributed by atoms with Crippen molar-refractivity contribution in [2.45, 2.75) is 5.12 Å². The standard InChI is InChI=1S/C2H5ClNOP/c3-2-1-5-4-6-2/h2,4,6H,1H2. The molecule has 0 amide bonds. The zero-order chi connectivity index (χ0) is 4.41. The molecule has 4 heteroatoms. The molecule has 1 fully saturated rings. The lowest BCUT2D eigenvalue weighted by Gasteiger charge is -1.83. The molecule has 1 rings (SSSR count). The molecule has 0 saturated carbocycles. The average molecular weight is 125 g/mol. The third-order valence-corrected chi connectivity index (χ3v) is 1.71. The summed E-state index contributed by atoms with van der Waals surface area (Å²) in [6.45, 7) is 0.653. The van der Waals surface area contributed by atoms with E-state index in [1.165, 1.54) is 0 Å². The highest BCUT2D eigenvalue weighted by atomic mass is 35.5. The van der Waals surface area contributed by atoms with Crippen molar-refractivity contribution in [1.82, 2.24) is 5.25 Å². The minimum atomic E-state index is 0.213. The van der Waals surface area contributed by atoms with E-state index in [9.17, 15) is 0 Å². The maximum atomic E-state index is 5.54. The van der Waals surface area contributed by atoms with Gasteiger partial charge in [-0.15, -0.1) is 11.6 Å². The lowest BCUT2D eigenvalue weighted by molar-refractivity contribution is 0.129. The summed E-state index contributed by atoms with van der Waals surface area (Å²) in [5, 5.41) is 2.88. The van der Waals surface area contributed by atoms with Crippen molar-refractivity contribution in [2.24, 2.45) is 0 Å². The average Bonchev–Trinajstić information content (AvgIpc) is 1.86. The van der Waals surface area contributed by atoms with E-state index in [-0.39, 0.29) is 5.12 Å². The van der Waals surface area contributed by atoms with Gasteiger partial charge in [-0.1, -0.05) is 0 Å². The molecule has 0 spiro atoms. The minimum absolute atomic E-state index is 0.213. The fourth-order valence-corrected chi connectivity index (χ4v) is 0.920. The predicted molar refractivity (Wildman–Crippen MR) is 27.0 cm³/mol. The van der Waals surface area contributed by atoms with Gasteiger partial charge in [-0.3, -0.25) is 4.84 Å². The maximum absolute atomic E-state index is 5.54. The lowest BCUT2D eigenvalue weighted by atomic mass is 10.9. The number of alkyl halides is 1. The Morgan fingerprint density at radius 1 is 2.00 bits per heavy atom. The maximum Gasteiger partial charge on any atom is 0.0913 e. The molecule has 1 saturated heterocycles. The Hall–Kier alpha value is 0.640. The van der Waals surface area contributed by atoms with Crippen LogP contribution in [0.3, 0.4) is 0 Å². The summed E-state index contributed by atoms with van der Waals surface area (Å²) in [6, 6.07) is 0. The van der Waals surface area contributed by atoms with Gasteiger partial charge in [0.05, 0.1) is 11.7 Å². The van der Waals surface area contributed by atoms with Crippen LogP contribution in [-0.2, 0) is 4.84 Å². The van der Waals surface area contributed by atoms with Gasteiger partial charge in [0.2, 0.25) is 0 Å². The van der Waals surface area contributed by atoms with E-state index < -0.39 is 0 Å². The van der Waals surface area contributed by atoms with Crippen LogP contribution in [0, 0.1) is 0 Å². The van der Waals surface area contributed by atoms with Crippen molar-refractivity contribution in [2.75, 3.05) is 6.61 Å². The second kappa shape index (κ2) is 2.08. The van der Waals surface area contributed by atoms with E-state index in [1.807, 2.05) is 0 Å². The molecule has 2 unspecified atom stereocenters. The number of halogens is 1. The summed E-state index contributed by atoms with van der Waals surface area (Å²) in [7, 11) is 0.576. The van der Waals surface area contributed by atoms with Gasteiger partial charge in [0, 0.05) is 0 Å². The second-order valence-electron chi connectivity index (χ2n) is 1.02. The van der Waals surface area contributed by atoms with Crippen LogP contribution >= 0.6 is 20.3 Å². The van der Waals surface area contributed by atoms with Crippen LogP contribution < -0.4 is 5.25 Å². The quantitative estimate of drug-likeness (QED) is 0.380. The summed E-state index contributed by atoms with van der Waals surface area (Å²) in [5.41, 5.74) is 0. The molecule has 2 nitrogen and oxygen atoms in total. The van der Waals surface area contributed by atoms with Crippen LogP contribution in [0.15, 0.2) is 0 Å². The zero-order valence-electron chi connectivity index (χ0n) is 3.07. The summed E-state index contributed by atoms with van der Waals surface area (Å²) < 4.78 is 0. The van der Waals surface area contributed by atoms with E-state index in [1.54, 1.807) is 0 Å². The Kier molecular flexibility index (Phi) is 1.66. The number of rotatable bonds is 0. The second-order valence-corrected chi connectivity index (χ2v) is 3.11. The van der Waals surface area contributed by atoms with E-state index in [0.29, 0.717) is 15.3 Å². The Bertz CT molecular complexity index is 46.8. The van der Waals surface area contributed by atoms with Gasteiger partial charge in [-0.05, 0) is 8.73 Å². The summed E-state index contributed by atoms with van der Waals surface area (Å²) >= 11 is 5.54. The molecule has 6 heavy (non-hydrogen) atoms. The first-order valence-electron chi connectivity index (χ1n) is 1.66. The predicted octanol–water partition coefficient (Wildman–Crippen LogP) is 0.680. The molecule has 0 aliphatic carbocycles. The summed E-state index contributed by atoms with van der Waals surface area (Å²) in [6.07, 6.45) is 0. The van der Waals surface area contributed by atoms with Gasteiger partial charge in [0.25, 0.3) is 0 Å². The van der Waals surface area contributed by atoms with Crippen LogP contribution in [0.2, 0.25) is 0 Å². The molecule has 1 aliphatic rings. The van der Waals surface area contributed by atoms with Gasteiger partial charge < -0.3 is 0 Å². The highest BCUT2D eigenvalue weighted by molar-refractivity contribution is 7.39. The molecule has 1 aliphatic heterocycles. The first kappa shape index (κ1) is 4.79. The van der Waals surface area contributed by atoms with Gasteiger partial charge >= 0.3 is 0 Å². The first-order chi connectivity index (χ1) is 2.89. The van der Waals surface area contributed by atoms with E-state index in [4.69, 9.17) is 11.6 Å². The molecule has 0 radical (unpaired) electrons. The van der Waals surface area contributed by atoms with Crippen molar-refractivity contribution in [3.05, 3.63) is 0 Å². The fourth-order valence-electron chi connectivity index (χ4n) is 0.262. The van der Waals surface area contributed by atoms with Crippen LogP contribution in [0.5, 0.6) is 0 Å². The molecule has 0 aromatic heterocycles. The summed E-state index contributed by atoms with van der Waals surface area (Å²) in [5.74, 6) is 0.